The molecule has 0 unspecified atom stereocenters. The minimum absolute atomic E-state index is 0.652. The van der Waals surface area contributed by atoms with Crippen LogP contribution in [0.1, 0.15) is 10.7 Å². The number of aromatic nitrogens is 3. The Labute approximate surface area is 99.3 Å². The Morgan fingerprint density at radius 1 is 1.64 bits per heavy atom. The van der Waals surface area contributed by atoms with Crippen LogP contribution in [0.2, 0.25) is 0 Å². The van der Waals surface area contributed by atoms with Crippen LogP contribution in [0.4, 0.5) is 5.82 Å². The molecule has 0 bridgehead atoms. The van der Waals surface area contributed by atoms with E-state index in [0.717, 1.165) is 14.3 Å². The molecule has 2 aromatic rings. The number of nitrogens with two attached hydrogens (primary N) is 1. The Morgan fingerprint density at radius 3 is 2.93 bits per heavy atom. The van der Waals surface area contributed by atoms with Gasteiger partial charge in [0, 0.05) is 5.38 Å². The van der Waals surface area contributed by atoms with E-state index in [1.54, 1.807) is 22.2 Å². The molecule has 4 nitrogen and oxygen atoms in total. The van der Waals surface area contributed by atoms with Crippen LogP contribution >= 0.6 is 33.9 Å². The highest BCUT2D eigenvalue weighted by atomic mass is 127. The van der Waals surface area contributed by atoms with Crippen molar-refractivity contribution in [2.24, 2.45) is 0 Å². The van der Waals surface area contributed by atoms with Gasteiger partial charge in [-0.1, -0.05) is 0 Å². The summed E-state index contributed by atoms with van der Waals surface area (Å²) in [6.07, 6.45) is 1.76. The van der Waals surface area contributed by atoms with Crippen LogP contribution in [0.5, 0.6) is 0 Å². The summed E-state index contributed by atoms with van der Waals surface area (Å²) in [6.45, 7) is 2.64. The highest BCUT2D eigenvalue weighted by Gasteiger charge is 2.06. The van der Waals surface area contributed by atoms with Crippen molar-refractivity contribution < 1.29 is 0 Å². The number of hydrogen-bond donors (Lipinski definition) is 1. The summed E-state index contributed by atoms with van der Waals surface area (Å²) >= 11 is 3.81. The van der Waals surface area contributed by atoms with E-state index in [-0.39, 0.29) is 0 Å². The Balaban J connectivity index is 2.22. The molecule has 0 saturated carbocycles. The Hall–Kier alpha value is -0.630. The van der Waals surface area contributed by atoms with Crippen molar-refractivity contribution in [1.29, 1.82) is 0 Å². The molecule has 0 radical (unpaired) electrons. The van der Waals surface area contributed by atoms with Crippen LogP contribution in [-0.4, -0.2) is 14.8 Å². The quantitative estimate of drug-likeness (QED) is 0.860. The lowest BCUT2D eigenvalue weighted by Crippen LogP contribution is -2.06. The first-order valence-electron chi connectivity index (χ1n) is 4.04. The van der Waals surface area contributed by atoms with Crippen LogP contribution in [0, 0.1) is 10.5 Å². The van der Waals surface area contributed by atoms with Crippen molar-refractivity contribution in [3.8, 4) is 0 Å². The third kappa shape index (κ3) is 1.90. The molecule has 14 heavy (non-hydrogen) atoms. The van der Waals surface area contributed by atoms with E-state index in [0.29, 0.717) is 12.4 Å². The molecule has 0 spiro atoms. The van der Waals surface area contributed by atoms with Crippen LogP contribution in [0.3, 0.4) is 0 Å². The van der Waals surface area contributed by atoms with Gasteiger partial charge in [-0.25, -0.2) is 9.67 Å². The number of halogens is 1. The lowest BCUT2D eigenvalue weighted by Gasteiger charge is -2.00. The fourth-order valence-electron chi connectivity index (χ4n) is 1.13. The molecular formula is C8H9IN4S. The smallest absolute Gasteiger partial charge is 0.135 e. The average molecular weight is 320 g/mol. The molecule has 2 heterocycles. The van der Waals surface area contributed by atoms with Crippen molar-refractivity contribution in [3.05, 3.63) is 25.8 Å². The lowest BCUT2D eigenvalue weighted by atomic mass is 10.5. The van der Waals surface area contributed by atoms with Gasteiger partial charge in [-0.2, -0.15) is 5.10 Å². The predicted octanol–water partition coefficient (Wildman–Crippen LogP) is 1.88. The molecule has 0 atom stereocenters. The zero-order valence-corrected chi connectivity index (χ0v) is 10.5. The zero-order valence-electron chi connectivity index (χ0n) is 7.57. The number of nitrogens with zero attached hydrogens (tertiary/aromatic N) is 3. The normalized spacial score (nSPS) is 10.7. The second-order valence-electron chi connectivity index (χ2n) is 2.89. The van der Waals surface area contributed by atoms with E-state index in [9.17, 15) is 0 Å². The molecule has 0 fully saturated rings. The van der Waals surface area contributed by atoms with Gasteiger partial charge >= 0.3 is 0 Å². The van der Waals surface area contributed by atoms with E-state index in [2.05, 4.69) is 32.7 Å². The van der Waals surface area contributed by atoms with Crippen molar-refractivity contribution in [3.63, 3.8) is 0 Å². The van der Waals surface area contributed by atoms with E-state index in [4.69, 9.17) is 5.73 Å². The van der Waals surface area contributed by atoms with Crippen LogP contribution in [0.15, 0.2) is 11.6 Å². The van der Waals surface area contributed by atoms with Crippen molar-refractivity contribution >= 4 is 39.7 Å². The molecule has 0 aliphatic carbocycles. The van der Waals surface area contributed by atoms with Crippen LogP contribution in [-0.2, 0) is 6.54 Å². The second kappa shape index (κ2) is 3.85. The summed E-state index contributed by atoms with van der Waals surface area (Å²) in [5.74, 6) is 0.705. The standard InChI is InChI=1S/C8H9IN4S/c1-5-12-6(4-14-5)3-13-8(10)7(9)2-11-13/h2,4H,3,10H2,1H3. The minimum atomic E-state index is 0.652. The molecule has 0 aliphatic rings. The summed E-state index contributed by atoms with van der Waals surface area (Å²) in [7, 11) is 0. The Bertz CT molecular complexity index is 448. The van der Waals surface area contributed by atoms with E-state index in [1.165, 1.54) is 0 Å². The third-order valence-electron chi connectivity index (χ3n) is 1.81. The number of hydrogen-bond acceptors (Lipinski definition) is 4. The third-order valence-corrected chi connectivity index (χ3v) is 3.47. The molecule has 2 aromatic heterocycles. The topological polar surface area (TPSA) is 56.7 Å². The fraction of sp³-hybridized carbons (Fsp3) is 0.250. The van der Waals surface area contributed by atoms with Gasteiger partial charge in [-0.05, 0) is 29.5 Å². The summed E-state index contributed by atoms with van der Waals surface area (Å²) < 4.78 is 2.74. The SMILES string of the molecule is Cc1nc(Cn2ncc(I)c2N)cs1. The van der Waals surface area contributed by atoms with E-state index >= 15 is 0 Å². The Kier molecular flexibility index (Phi) is 2.73. The van der Waals surface area contributed by atoms with Gasteiger partial charge < -0.3 is 5.73 Å². The lowest BCUT2D eigenvalue weighted by molar-refractivity contribution is 0.684. The van der Waals surface area contributed by atoms with Crippen molar-refractivity contribution in [1.82, 2.24) is 14.8 Å². The maximum Gasteiger partial charge on any atom is 0.135 e. The van der Waals surface area contributed by atoms with Gasteiger partial charge in [0.15, 0.2) is 0 Å². The molecule has 0 saturated heterocycles. The highest BCUT2D eigenvalue weighted by molar-refractivity contribution is 14.1. The first-order chi connectivity index (χ1) is 6.66. The summed E-state index contributed by atoms with van der Waals surface area (Å²) in [5, 5.41) is 7.27. The average Bonchev–Trinajstić information content (AvgIpc) is 2.67. The number of aryl methyl sites for hydroxylation is 1. The fourth-order valence-corrected chi connectivity index (χ4v) is 2.14. The summed E-state index contributed by atoms with van der Waals surface area (Å²) in [4.78, 5) is 4.36. The molecule has 74 valence electrons. The van der Waals surface area contributed by atoms with Gasteiger partial charge in [-0.15, -0.1) is 11.3 Å². The van der Waals surface area contributed by atoms with Gasteiger partial charge in [0.1, 0.15) is 5.82 Å². The molecule has 2 rings (SSSR count). The first-order valence-corrected chi connectivity index (χ1v) is 6.00. The highest BCUT2D eigenvalue weighted by Crippen LogP contribution is 2.15. The van der Waals surface area contributed by atoms with Gasteiger partial charge in [-0.3, -0.25) is 0 Å². The maximum atomic E-state index is 5.83. The van der Waals surface area contributed by atoms with Gasteiger partial charge in [0.25, 0.3) is 0 Å². The number of nitrogen functional groups attached to an aromatic ring is 1. The largest absolute Gasteiger partial charge is 0.383 e. The molecule has 2 N–H and O–H groups in total. The molecular weight excluding hydrogens is 311 g/mol. The monoisotopic (exact) mass is 320 g/mol. The molecule has 0 aromatic carbocycles. The first kappa shape index (κ1) is 9.91. The maximum absolute atomic E-state index is 5.83. The number of anilines is 1. The molecule has 6 heteroatoms. The van der Waals surface area contributed by atoms with E-state index < -0.39 is 0 Å². The van der Waals surface area contributed by atoms with Gasteiger partial charge in [0.2, 0.25) is 0 Å². The summed E-state index contributed by atoms with van der Waals surface area (Å²) in [5.41, 5.74) is 6.84. The zero-order chi connectivity index (χ0) is 10.1. The van der Waals surface area contributed by atoms with Crippen LogP contribution in [0.25, 0.3) is 0 Å². The molecule has 0 aliphatic heterocycles. The minimum Gasteiger partial charge on any atom is -0.383 e. The van der Waals surface area contributed by atoms with Crippen LogP contribution < -0.4 is 5.73 Å². The van der Waals surface area contributed by atoms with Crippen molar-refractivity contribution in [2.75, 3.05) is 5.73 Å². The summed E-state index contributed by atoms with van der Waals surface area (Å²) in [6, 6.07) is 0. The van der Waals surface area contributed by atoms with Crippen molar-refractivity contribution in [2.45, 2.75) is 13.5 Å². The van der Waals surface area contributed by atoms with E-state index in [1.807, 2.05) is 12.3 Å². The predicted molar refractivity (Wildman–Crippen MR) is 65.3 cm³/mol. The van der Waals surface area contributed by atoms with Gasteiger partial charge in [0.05, 0.1) is 27.0 Å². The number of thiazole rings is 1. The number of rotatable bonds is 2. The second-order valence-corrected chi connectivity index (χ2v) is 5.12. The Morgan fingerprint density at radius 2 is 2.43 bits per heavy atom. The molecule has 0 amide bonds.